The molecule has 13 nitrogen and oxygen atoms in total. The predicted molar refractivity (Wildman–Crippen MR) is 223 cm³/mol. The fourth-order valence-electron chi connectivity index (χ4n) is 9.88. The lowest BCUT2D eigenvalue weighted by Gasteiger charge is -2.44. The van der Waals surface area contributed by atoms with Crippen LogP contribution in [0.1, 0.15) is 93.8 Å². The Labute approximate surface area is 347 Å². The zero-order chi connectivity index (χ0) is 41.7. The quantitative estimate of drug-likeness (QED) is 0.124. The van der Waals surface area contributed by atoms with Crippen molar-refractivity contribution in [1.29, 1.82) is 0 Å². The zero-order valence-corrected chi connectivity index (χ0v) is 34.3. The van der Waals surface area contributed by atoms with Crippen molar-refractivity contribution < 1.29 is 39.8 Å². The van der Waals surface area contributed by atoms with Gasteiger partial charge in [-0.2, -0.15) is 0 Å². The maximum absolute atomic E-state index is 12.9. The minimum absolute atomic E-state index is 0.0635. The highest BCUT2D eigenvalue weighted by Gasteiger charge is 2.44. The molecule has 59 heavy (non-hydrogen) atoms. The van der Waals surface area contributed by atoms with Gasteiger partial charge in [-0.3, -0.25) is 9.79 Å². The molecule has 2 aromatic rings. The number of aliphatic hydroxyl groups excluding tert-OH is 3. The van der Waals surface area contributed by atoms with Crippen LogP contribution >= 0.6 is 0 Å². The van der Waals surface area contributed by atoms with Gasteiger partial charge < -0.3 is 56.7 Å². The minimum Gasteiger partial charge on any atom is -0.504 e. The van der Waals surface area contributed by atoms with Gasteiger partial charge in [0.2, 0.25) is 0 Å². The van der Waals surface area contributed by atoms with Gasteiger partial charge in [-0.1, -0.05) is 42.0 Å². The largest absolute Gasteiger partial charge is 0.504 e. The third kappa shape index (κ3) is 10.5. The number of carbonyl (C=O) groups excluding carboxylic acids is 1. The average molecular weight is 812 g/mol. The molecule has 4 heterocycles. The Kier molecular flexibility index (Phi) is 13.4. The summed E-state index contributed by atoms with van der Waals surface area (Å²) in [6.07, 6.45) is 0.417. The van der Waals surface area contributed by atoms with Gasteiger partial charge in [-0.15, -0.1) is 5.92 Å². The summed E-state index contributed by atoms with van der Waals surface area (Å²) in [7, 11) is 0. The summed E-state index contributed by atoms with van der Waals surface area (Å²) in [6.45, 7) is 4.98. The van der Waals surface area contributed by atoms with Crippen molar-refractivity contribution in [2.24, 2.45) is 33.9 Å². The van der Waals surface area contributed by atoms with Crippen molar-refractivity contribution >= 4 is 11.9 Å². The summed E-state index contributed by atoms with van der Waals surface area (Å²) in [6, 6.07) is 11.6. The van der Waals surface area contributed by atoms with Gasteiger partial charge in [0.1, 0.15) is 12.2 Å². The van der Waals surface area contributed by atoms with Crippen molar-refractivity contribution in [3.8, 4) is 35.2 Å². The number of phenolic OH excluding ortho intramolecular Hbond substituents is 1. The monoisotopic (exact) mass is 811 g/mol. The average Bonchev–Trinajstić information content (AvgIpc) is 3.25. The molecule has 10 unspecified atom stereocenters. The first-order chi connectivity index (χ1) is 28.3. The number of nitrogens with two attached hydrogens (primary N) is 1. The molecule has 1 fully saturated rings. The van der Waals surface area contributed by atoms with Gasteiger partial charge in [0.15, 0.2) is 23.7 Å². The second-order valence-electron chi connectivity index (χ2n) is 17.6. The fourth-order valence-corrected chi connectivity index (χ4v) is 9.88. The number of nitrogens with one attached hydrogen (secondary N) is 3. The highest BCUT2D eigenvalue weighted by molar-refractivity contribution is 5.77. The number of nitrogens with zero attached hydrogens (tertiary/aromatic N) is 1. The van der Waals surface area contributed by atoms with Crippen LogP contribution < -0.4 is 26.4 Å². The van der Waals surface area contributed by atoms with Crippen LogP contribution in [0, 0.1) is 46.9 Å². The lowest BCUT2D eigenvalue weighted by molar-refractivity contribution is -0.152. The summed E-state index contributed by atoms with van der Waals surface area (Å²) in [5.41, 5.74) is 7.85. The molecular weight excluding hydrogens is 751 g/mol. The van der Waals surface area contributed by atoms with Crippen LogP contribution in [0.4, 0.5) is 0 Å². The first kappa shape index (κ1) is 42.8. The van der Waals surface area contributed by atoms with Crippen LogP contribution in [-0.2, 0) is 28.8 Å². The maximum Gasteiger partial charge on any atom is 0.302 e. The number of hydrogen-bond donors (Lipinski definition) is 9. The maximum atomic E-state index is 12.9. The molecule has 318 valence electrons. The summed E-state index contributed by atoms with van der Waals surface area (Å²) in [5.74, 6) is 12.8. The van der Waals surface area contributed by atoms with Gasteiger partial charge in [-0.05, 0) is 93.7 Å². The van der Waals surface area contributed by atoms with E-state index in [0.717, 1.165) is 12.8 Å². The SMILES string of the molecule is CC(=O)OC1CC(O)CCC2(C(C)O)C#CC3CC4C#CCC(Cc5cccc(c5)CCNC(N)=NC2)NCC2(C4)CC(CCN2)Oc2cc(c(C(O)O)cc2O)CC31. The molecule has 0 aromatic heterocycles. The molecule has 0 amide bonds. The molecule has 7 rings (SSSR count). The van der Waals surface area contributed by atoms with E-state index in [1.807, 2.05) is 0 Å². The molecule has 5 aliphatic rings. The van der Waals surface area contributed by atoms with E-state index in [4.69, 9.17) is 20.2 Å². The smallest absolute Gasteiger partial charge is 0.302 e. The summed E-state index contributed by atoms with van der Waals surface area (Å²) < 4.78 is 12.7. The third-order valence-electron chi connectivity index (χ3n) is 13.2. The van der Waals surface area contributed by atoms with Gasteiger partial charge in [0, 0.05) is 74.2 Å². The van der Waals surface area contributed by atoms with Crippen LogP contribution in [0.25, 0.3) is 0 Å². The molecule has 0 saturated carbocycles. The topological polar surface area (TPSA) is 211 Å². The standard InChI is InChI=1S/C46H61N5O8/c1-28(52)45-13-9-33-18-32-7-4-8-35(19-31-6-3-5-30(17-31)11-15-48-44(47)50-26-45)49-27-46(24-32)25-37(12-16-51-46)59-42-21-34(39(43(56)57)23-40(42)55)20-38(33)41(58-29(2)53)22-36(54)10-14-45/h3,5-6,17,21,23,28,32-33,35-38,41,43,49,51-52,54-57H,8,10-12,14-16,18-20,22,24-27H2,1-2H3,(H3,47,48,50). The van der Waals surface area contributed by atoms with Gasteiger partial charge in [0.05, 0.1) is 24.2 Å². The second-order valence-corrected chi connectivity index (χ2v) is 17.6. The number of aliphatic imine (C=N–C) groups is 1. The Morgan fingerprint density at radius 2 is 1.90 bits per heavy atom. The normalized spacial score (nSPS) is 33.1. The lowest BCUT2D eigenvalue weighted by atomic mass is 9.70. The molecule has 1 saturated heterocycles. The Morgan fingerprint density at radius 3 is 2.69 bits per heavy atom. The van der Waals surface area contributed by atoms with Crippen LogP contribution in [0.15, 0.2) is 41.4 Å². The summed E-state index contributed by atoms with van der Waals surface area (Å²) >= 11 is 0. The molecule has 2 aromatic carbocycles. The van der Waals surface area contributed by atoms with E-state index in [0.29, 0.717) is 63.7 Å². The highest BCUT2D eigenvalue weighted by atomic mass is 16.5. The number of phenols is 1. The van der Waals surface area contributed by atoms with Gasteiger partial charge >= 0.3 is 5.97 Å². The molecule has 1 spiro atoms. The van der Waals surface area contributed by atoms with E-state index in [9.17, 15) is 30.3 Å². The van der Waals surface area contributed by atoms with Crippen molar-refractivity contribution in [3.63, 3.8) is 0 Å². The number of rotatable bonds is 3. The first-order valence-electron chi connectivity index (χ1n) is 21.3. The Balaban J connectivity index is 1.45. The molecule has 10 N–H and O–H groups in total. The summed E-state index contributed by atoms with van der Waals surface area (Å²) in [5, 5.41) is 66.8. The first-order valence-corrected chi connectivity index (χ1v) is 21.3. The number of piperidine rings is 1. The van der Waals surface area contributed by atoms with Crippen molar-refractivity contribution in [1.82, 2.24) is 16.0 Å². The van der Waals surface area contributed by atoms with Crippen molar-refractivity contribution in [2.75, 3.05) is 26.2 Å². The van der Waals surface area contributed by atoms with E-state index >= 15 is 0 Å². The molecule has 10 atom stereocenters. The molecule has 4 aliphatic heterocycles. The number of fused-ring (bicyclic) bond motifs is 8. The molecule has 13 heteroatoms. The number of guanidine groups is 1. The number of benzene rings is 2. The number of aromatic hydroxyl groups is 1. The van der Waals surface area contributed by atoms with E-state index < -0.39 is 53.4 Å². The molecule has 1 aliphatic carbocycles. The van der Waals surface area contributed by atoms with Crippen LogP contribution in [0.3, 0.4) is 0 Å². The van der Waals surface area contributed by atoms with E-state index in [1.54, 1.807) is 13.0 Å². The van der Waals surface area contributed by atoms with Crippen molar-refractivity contribution in [3.05, 3.63) is 58.7 Å². The lowest BCUT2D eigenvalue weighted by Crippen LogP contribution is -2.60. The molecular formula is C46H61N5O8. The zero-order valence-electron chi connectivity index (χ0n) is 34.3. The van der Waals surface area contributed by atoms with Crippen LogP contribution in [-0.4, -0.2) is 99.6 Å². The van der Waals surface area contributed by atoms with Gasteiger partial charge in [-0.25, -0.2) is 0 Å². The summed E-state index contributed by atoms with van der Waals surface area (Å²) in [4.78, 5) is 17.6. The minimum atomic E-state index is -1.92. The van der Waals surface area contributed by atoms with Gasteiger partial charge in [0.25, 0.3) is 0 Å². The van der Waals surface area contributed by atoms with E-state index in [-0.39, 0.29) is 66.9 Å². The van der Waals surface area contributed by atoms with Crippen LogP contribution in [0.5, 0.6) is 11.5 Å². The third-order valence-corrected chi connectivity index (χ3v) is 13.2. The number of aliphatic hydroxyl groups is 4. The van der Waals surface area contributed by atoms with E-state index in [1.165, 1.54) is 24.1 Å². The number of ether oxygens (including phenoxy) is 2. The number of esters is 1. The van der Waals surface area contributed by atoms with Crippen LogP contribution in [0.2, 0.25) is 0 Å². The number of hydrogen-bond acceptors (Lipinski definition) is 13. The molecule has 10 bridgehead atoms. The Hall–Kier alpha value is -4.34. The predicted octanol–water partition coefficient (Wildman–Crippen LogP) is 2.35. The Bertz CT molecular complexity index is 1980. The molecule has 0 radical (unpaired) electrons. The van der Waals surface area contributed by atoms with E-state index in [2.05, 4.69) is 63.9 Å². The highest BCUT2D eigenvalue weighted by Crippen LogP contribution is 2.42. The van der Waals surface area contributed by atoms with Crippen molar-refractivity contribution in [2.45, 2.75) is 127 Å². The fraction of sp³-hybridized carbons (Fsp3) is 0.609. The number of carbonyl (C=O) groups is 1. The second kappa shape index (κ2) is 18.5. The Morgan fingerprint density at radius 1 is 1.07 bits per heavy atom.